The molecule has 0 amide bonds. The third-order valence-electron chi connectivity index (χ3n) is 1.75. The average Bonchev–Trinajstić information content (AvgIpc) is 2.17. The number of rotatable bonds is 3. The molecule has 1 aromatic heterocycles. The van der Waals surface area contributed by atoms with Crippen LogP contribution in [0.1, 0.15) is 18.5 Å². The Morgan fingerprint density at radius 2 is 2.36 bits per heavy atom. The highest BCUT2D eigenvalue weighted by Crippen LogP contribution is 2.26. The number of aromatic nitrogens is 1. The summed E-state index contributed by atoms with van der Waals surface area (Å²) >= 11 is 5.68. The van der Waals surface area contributed by atoms with Crippen molar-refractivity contribution in [1.29, 1.82) is 0 Å². The minimum atomic E-state index is -0.327. The maximum absolute atomic E-state index is 10.1. The zero-order valence-corrected chi connectivity index (χ0v) is 8.58. The molecule has 0 N–H and O–H groups in total. The molecule has 0 saturated carbocycles. The van der Waals surface area contributed by atoms with Crippen LogP contribution in [0, 0.1) is 0 Å². The van der Waals surface area contributed by atoms with Gasteiger partial charge in [-0.3, -0.25) is 0 Å². The second kappa shape index (κ2) is 4.74. The second-order valence-corrected chi connectivity index (χ2v) is 3.02. The summed E-state index contributed by atoms with van der Waals surface area (Å²) < 4.78 is 5.01. The summed E-state index contributed by atoms with van der Waals surface area (Å²) in [5, 5.41) is 0.341. The summed E-state index contributed by atoms with van der Waals surface area (Å²) in [5.41, 5.74) is 0.709. The predicted molar refractivity (Wildman–Crippen MR) is 52.3 cm³/mol. The molecular formula is C9H9ClN2O2. The highest BCUT2D eigenvalue weighted by atomic mass is 35.5. The Bertz CT molecular complexity index is 375. The Labute approximate surface area is 86.6 Å². The first-order valence-corrected chi connectivity index (χ1v) is 4.34. The van der Waals surface area contributed by atoms with E-state index in [9.17, 15) is 4.79 Å². The van der Waals surface area contributed by atoms with Crippen molar-refractivity contribution >= 4 is 17.7 Å². The topological polar surface area (TPSA) is 51.6 Å². The van der Waals surface area contributed by atoms with E-state index in [1.54, 1.807) is 19.1 Å². The maximum atomic E-state index is 10.1. The van der Waals surface area contributed by atoms with Crippen molar-refractivity contribution in [3.05, 3.63) is 22.8 Å². The first-order valence-electron chi connectivity index (χ1n) is 3.96. The van der Waals surface area contributed by atoms with Gasteiger partial charge >= 0.3 is 0 Å². The van der Waals surface area contributed by atoms with Crippen molar-refractivity contribution in [1.82, 2.24) is 4.98 Å². The van der Waals surface area contributed by atoms with Gasteiger partial charge in [0, 0.05) is 5.56 Å². The summed E-state index contributed by atoms with van der Waals surface area (Å²) in [5.74, 6) is 0.379. The van der Waals surface area contributed by atoms with Gasteiger partial charge in [-0.1, -0.05) is 11.6 Å². The second-order valence-electron chi connectivity index (χ2n) is 2.63. The van der Waals surface area contributed by atoms with Crippen LogP contribution in [0.15, 0.2) is 17.1 Å². The van der Waals surface area contributed by atoms with Crippen molar-refractivity contribution < 1.29 is 9.53 Å². The van der Waals surface area contributed by atoms with Gasteiger partial charge in [0.1, 0.15) is 5.15 Å². The lowest BCUT2D eigenvalue weighted by Gasteiger charge is -2.09. The quantitative estimate of drug-likeness (QED) is 0.438. The number of isocyanates is 1. The number of halogens is 1. The van der Waals surface area contributed by atoms with E-state index in [0.717, 1.165) is 0 Å². The van der Waals surface area contributed by atoms with Crippen molar-refractivity contribution in [3.63, 3.8) is 0 Å². The van der Waals surface area contributed by atoms with Crippen LogP contribution in [0.4, 0.5) is 0 Å². The van der Waals surface area contributed by atoms with Crippen LogP contribution in [0.2, 0.25) is 5.15 Å². The molecule has 0 radical (unpaired) electrons. The SMILES string of the molecule is COc1nc(Cl)ccc1C(C)N=C=O. The van der Waals surface area contributed by atoms with Gasteiger partial charge in [-0.15, -0.1) is 0 Å². The van der Waals surface area contributed by atoms with Gasteiger partial charge in [0.2, 0.25) is 12.0 Å². The van der Waals surface area contributed by atoms with Crippen LogP contribution in [0.25, 0.3) is 0 Å². The highest BCUT2D eigenvalue weighted by Gasteiger charge is 2.11. The lowest BCUT2D eigenvalue weighted by Crippen LogP contribution is -1.97. The number of ether oxygens (including phenoxy) is 1. The Morgan fingerprint density at radius 1 is 1.64 bits per heavy atom. The summed E-state index contributed by atoms with van der Waals surface area (Å²) in [6.45, 7) is 1.75. The average molecular weight is 213 g/mol. The first kappa shape index (κ1) is 10.7. The van der Waals surface area contributed by atoms with Crippen molar-refractivity contribution in [2.75, 3.05) is 7.11 Å². The number of methoxy groups -OCH3 is 1. The highest BCUT2D eigenvalue weighted by molar-refractivity contribution is 6.29. The number of hydrogen-bond donors (Lipinski definition) is 0. The third-order valence-corrected chi connectivity index (χ3v) is 1.96. The number of carbonyl (C=O) groups excluding carboxylic acids is 1. The van der Waals surface area contributed by atoms with Crippen LogP contribution in [-0.2, 0) is 4.79 Å². The van der Waals surface area contributed by atoms with Gasteiger partial charge in [0.25, 0.3) is 0 Å². The molecule has 0 aromatic carbocycles. The summed E-state index contributed by atoms with van der Waals surface area (Å²) in [4.78, 5) is 17.6. The van der Waals surface area contributed by atoms with E-state index in [1.165, 1.54) is 13.2 Å². The molecule has 0 aliphatic rings. The lowest BCUT2D eigenvalue weighted by atomic mass is 10.1. The van der Waals surface area contributed by atoms with Crippen LogP contribution in [-0.4, -0.2) is 18.2 Å². The largest absolute Gasteiger partial charge is 0.481 e. The molecule has 4 nitrogen and oxygen atoms in total. The number of hydrogen-bond acceptors (Lipinski definition) is 4. The minimum absolute atomic E-state index is 0.327. The maximum Gasteiger partial charge on any atom is 0.235 e. The van der Waals surface area contributed by atoms with Crippen LogP contribution in [0.3, 0.4) is 0 Å². The van der Waals surface area contributed by atoms with E-state index in [4.69, 9.17) is 16.3 Å². The Balaban J connectivity index is 3.13. The molecule has 5 heteroatoms. The molecule has 1 heterocycles. The zero-order valence-electron chi connectivity index (χ0n) is 7.82. The molecule has 74 valence electrons. The Kier molecular flexibility index (Phi) is 3.63. The first-order chi connectivity index (χ1) is 6.69. The summed E-state index contributed by atoms with van der Waals surface area (Å²) in [7, 11) is 1.49. The van der Waals surface area contributed by atoms with Crippen molar-refractivity contribution in [2.45, 2.75) is 13.0 Å². The molecular weight excluding hydrogens is 204 g/mol. The number of aliphatic imine (C=N–C) groups is 1. The fourth-order valence-electron chi connectivity index (χ4n) is 1.06. The molecule has 0 saturated heterocycles. The van der Waals surface area contributed by atoms with E-state index in [-0.39, 0.29) is 6.04 Å². The normalized spacial score (nSPS) is 11.6. The van der Waals surface area contributed by atoms with Crippen molar-refractivity contribution in [2.24, 2.45) is 4.99 Å². The van der Waals surface area contributed by atoms with Gasteiger partial charge in [-0.2, -0.15) is 4.99 Å². The molecule has 0 bridgehead atoms. The molecule has 0 aliphatic carbocycles. The third kappa shape index (κ3) is 2.31. The molecule has 0 aliphatic heterocycles. The fraction of sp³-hybridized carbons (Fsp3) is 0.333. The van der Waals surface area contributed by atoms with E-state index < -0.39 is 0 Å². The van der Waals surface area contributed by atoms with Gasteiger partial charge in [-0.25, -0.2) is 9.78 Å². The molecule has 1 rings (SSSR count). The zero-order chi connectivity index (χ0) is 10.6. The summed E-state index contributed by atoms with van der Waals surface area (Å²) in [6.07, 6.45) is 1.49. The number of nitrogens with zero attached hydrogens (tertiary/aromatic N) is 2. The lowest BCUT2D eigenvalue weighted by molar-refractivity contribution is 0.390. The van der Waals surface area contributed by atoms with Crippen LogP contribution in [0.5, 0.6) is 5.88 Å². The number of pyridine rings is 1. The molecule has 1 unspecified atom stereocenters. The van der Waals surface area contributed by atoms with E-state index in [2.05, 4.69) is 9.98 Å². The Morgan fingerprint density at radius 3 is 2.93 bits per heavy atom. The monoisotopic (exact) mass is 212 g/mol. The van der Waals surface area contributed by atoms with E-state index >= 15 is 0 Å². The molecule has 0 spiro atoms. The van der Waals surface area contributed by atoms with Gasteiger partial charge in [0.05, 0.1) is 13.2 Å². The minimum Gasteiger partial charge on any atom is -0.481 e. The predicted octanol–water partition coefficient (Wildman–Crippen LogP) is 2.14. The van der Waals surface area contributed by atoms with E-state index in [0.29, 0.717) is 16.6 Å². The van der Waals surface area contributed by atoms with Crippen molar-refractivity contribution in [3.8, 4) is 5.88 Å². The van der Waals surface area contributed by atoms with E-state index in [1.807, 2.05) is 0 Å². The van der Waals surface area contributed by atoms with Crippen LogP contribution >= 0.6 is 11.6 Å². The smallest absolute Gasteiger partial charge is 0.235 e. The summed E-state index contributed by atoms with van der Waals surface area (Å²) in [6, 6.07) is 3.02. The molecule has 0 fully saturated rings. The molecule has 1 aromatic rings. The van der Waals surface area contributed by atoms with Gasteiger partial charge in [-0.05, 0) is 19.1 Å². The molecule has 14 heavy (non-hydrogen) atoms. The molecule has 1 atom stereocenters. The van der Waals surface area contributed by atoms with Gasteiger partial charge in [0.15, 0.2) is 0 Å². The van der Waals surface area contributed by atoms with Crippen LogP contribution < -0.4 is 4.74 Å². The fourth-order valence-corrected chi connectivity index (χ4v) is 1.20. The Hall–Kier alpha value is -1.38. The van der Waals surface area contributed by atoms with Gasteiger partial charge < -0.3 is 4.74 Å². The standard InChI is InChI=1S/C9H9ClN2O2/c1-6(11-5-13)7-3-4-8(10)12-9(7)14-2/h3-4,6H,1-2H3.